The number of anilines is 2. The zero-order valence-electron chi connectivity index (χ0n) is 20.4. The van der Waals surface area contributed by atoms with Gasteiger partial charge in [0, 0.05) is 57.9 Å². The molecular weight excluding hydrogens is 440 g/mol. The SMILES string of the molecule is c1ccc(CN2CCC(Nc3ncnc4nc(N5CCC(N6CCOCC6)CC5)[nH]c34)CC2)cc1. The molecule has 9 heteroatoms. The first-order chi connectivity index (χ1) is 17.3. The van der Waals surface area contributed by atoms with Gasteiger partial charge in [0.15, 0.2) is 11.5 Å². The molecule has 0 radical (unpaired) electrons. The van der Waals surface area contributed by atoms with Crippen LogP contribution in [0.25, 0.3) is 11.2 Å². The maximum absolute atomic E-state index is 5.52. The van der Waals surface area contributed by atoms with Gasteiger partial charge in [-0.05, 0) is 31.2 Å². The zero-order chi connectivity index (χ0) is 23.5. The molecule has 2 N–H and O–H groups in total. The van der Waals surface area contributed by atoms with Gasteiger partial charge in [-0.2, -0.15) is 4.98 Å². The quantitative estimate of drug-likeness (QED) is 0.562. The van der Waals surface area contributed by atoms with Crippen LogP contribution in [0.3, 0.4) is 0 Å². The Morgan fingerprint density at radius 1 is 0.914 bits per heavy atom. The number of aromatic nitrogens is 4. The van der Waals surface area contributed by atoms with Gasteiger partial charge in [-0.15, -0.1) is 0 Å². The number of nitrogens with zero attached hydrogens (tertiary/aromatic N) is 6. The smallest absolute Gasteiger partial charge is 0.205 e. The Bertz CT molecular complexity index is 1080. The van der Waals surface area contributed by atoms with Crippen molar-refractivity contribution < 1.29 is 4.74 Å². The summed E-state index contributed by atoms with van der Waals surface area (Å²) in [6.07, 6.45) is 6.16. The van der Waals surface area contributed by atoms with E-state index in [1.165, 1.54) is 5.56 Å². The number of H-pyrrole nitrogens is 1. The van der Waals surface area contributed by atoms with E-state index < -0.39 is 0 Å². The maximum Gasteiger partial charge on any atom is 0.205 e. The predicted octanol–water partition coefficient (Wildman–Crippen LogP) is 2.73. The summed E-state index contributed by atoms with van der Waals surface area (Å²) in [5.41, 5.74) is 3.05. The molecule has 0 bridgehead atoms. The fourth-order valence-electron chi connectivity index (χ4n) is 5.73. The molecule has 186 valence electrons. The summed E-state index contributed by atoms with van der Waals surface area (Å²) >= 11 is 0. The Kier molecular flexibility index (Phi) is 6.79. The van der Waals surface area contributed by atoms with Gasteiger partial charge in [-0.25, -0.2) is 9.97 Å². The van der Waals surface area contributed by atoms with Crippen molar-refractivity contribution >= 4 is 22.9 Å². The number of rotatable bonds is 6. The van der Waals surface area contributed by atoms with Crippen molar-refractivity contribution in [2.45, 2.75) is 44.3 Å². The van der Waals surface area contributed by atoms with Crippen molar-refractivity contribution in [3.63, 3.8) is 0 Å². The van der Waals surface area contributed by atoms with Gasteiger partial charge in [-0.3, -0.25) is 9.80 Å². The maximum atomic E-state index is 5.52. The van der Waals surface area contributed by atoms with Crippen LogP contribution in [-0.2, 0) is 11.3 Å². The lowest BCUT2D eigenvalue weighted by molar-refractivity contribution is 0.0114. The largest absolute Gasteiger partial charge is 0.379 e. The molecule has 3 saturated heterocycles. The molecule has 0 atom stereocenters. The summed E-state index contributed by atoms with van der Waals surface area (Å²) in [6.45, 7) is 9.08. The molecule has 0 aliphatic carbocycles. The molecule has 1 aromatic carbocycles. The Morgan fingerprint density at radius 3 is 2.46 bits per heavy atom. The summed E-state index contributed by atoms with van der Waals surface area (Å²) in [6, 6.07) is 11.8. The van der Waals surface area contributed by atoms with Crippen molar-refractivity contribution in [3.8, 4) is 0 Å². The van der Waals surface area contributed by atoms with E-state index in [0.29, 0.717) is 12.1 Å². The molecule has 0 unspecified atom stereocenters. The topological polar surface area (TPSA) is 85.4 Å². The lowest BCUT2D eigenvalue weighted by atomic mass is 10.0. The van der Waals surface area contributed by atoms with Gasteiger partial charge in [-0.1, -0.05) is 30.3 Å². The van der Waals surface area contributed by atoms with E-state index in [9.17, 15) is 0 Å². The van der Waals surface area contributed by atoms with Gasteiger partial charge in [0.05, 0.1) is 13.2 Å². The van der Waals surface area contributed by atoms with Crippen molar-refractivity contribution in [1.82, 2.24) is 29.7 Å². The molecule has 35 heavy (non-hydrogen) atoms. The fraction of sp³-hybridized carbons (Fsp3) is 0.577. The third-order valence-electron chi connectivity index (χ3n) is 7.78. The average molecular weight is 477 g/mol. The van der Waals surface area contributed by atoms with Crippen molar-refractivity contribution in [1.29, 1.82) is 0 Å². The summed E-state index contributed by atoms with van der Waals surface area (Å²) in [5.74, 6) is 1.79. The van der Waals surface area contributed by atoms with E-state index in [4.69, 9.17) is 9.72 Å². The highest BCUT2D eigenvalue weighted by molar-refractivity contribution is 5.84. The number of morpholine rings is 1. The normalized spacial score (nSPS) is 21.5. The molecule has 5 heterocycles. The van der Waals surface area contributed by atoms with Crippen LogP contribution in [0.4, 0.5) is 11.8 Å². The number of hydrogen-bond acceptors (Lipinski definition) is 8. The molecule has 9 nitrogen and oxygen atoms in total. The minimum atomic E-state index is 0.413. The first-order valence-electron chi connectivity index (χ1n) is 13.1. The number of ether oxygens (including phenoxy) is 1. The van der Waals surface area contributed by atoms with E-state index in [0.717, 1.165) is 108 Å². The summed E-state index contributed by atoms with van der Waals surface area (Å²) < 4.78 is 5.52. The first-order valence-corrected chi connectivity index (χ1v) is 13.1. The minimum absolute atomic E-state index is 0.413. The van der Waals surface area contributed by atoms with E-state index in [2.05, 4.69) is 65.3 Å². The third-order valence-corrected chi connectivity index (χ3v) is 7.78. The van der Waals surface area contributed by atoms with Crippen molar-refractivity contribution in [3.05, 3.63) is 42.2 Å². The number of nitrogens with one attached hydrogen (secondary N) is 2. The van der Waals surface area contributed by atoms with E-state index in [-0.39, 0.29) is 0 Å². The molecule has 0 saturated carbocycles. The van der Waals surface area contributed by atoms with Crippen LogP contribution >= 0.6 is 0 Å². The zero-order valence-corrected chi connectivity index (χ0v) is 20.4. The van der Waals surface area contributed by atoms with Crippen LogP contribution in [0.15, 0.2) is 36.7 Å². The van der Waals surface area contributed by atoms with Gasteiger partial charge in [0.2, 0.25) is 5.95 Å². The summed E-state index contributed by atoms with van der Waals surface area (Å²) in [7, 11) is 0. The Morgan fingerprint density at radius 2 is 1.69 bits per heavy atom. The molecule has 3 fully saturated rings. The molecule has 2 aromatic heterocycles. The fourth-order valence-corrected chi connectivity index (χ4v) is 5.73. The van der Waals surface area contributed by atoms with Crippen LogP contribution < -0.4 is 10.2 Å². The Labute approximate surface area is 206 Å². The average Bonchev–Trinajstić information content (AvgIpc) is 3.37. The van der Waals surface area contributed by atoms with Gasteiger partial charge >= 0.3 is 0 Å². The molecule has 0 amide bonds. The molecule has 3 aliphatic heterocycles. The van der Waals surface area contributed by atoms with Crippen LogP contribution in [0.2, 0.25) is 0 Å². The molecule has 0 spiro atoms. The van der Waals surface area contributed by atoms with Crippen LogP contribution in [0.1, 0.15) is 31.2 Å². The summed E-state index contributed by atoms with van der Waals surface area (Å²) in [5, 5.41) is 3.69. The Balaban J connectivity index is 1.06. The van der Waals surface area contributed by atoms with Crippen LogP contribution in [-0.4, -0.2) is 94.3 Å². The number of hydrogen-bond donors (Lipinski definition) is 2. The van der Waals surface area contributed by atoms with Gasteiger partial charge in [0.1, 0.15) is 11.8 Å². The highest BCUT2D eigenvalue weighted by atomic mass is 16.5. The second kappa shape index (κ2) is 10.5. The second-order valence-corrected chi connectivity index (χ2v) is 10.0. The standard InChI is InChI=1S/C26H36N8O/c1-2-4-20(5-3-1)18-32-10-6-21(7-11-32)29-24-23-25(28-19-27-24)31-26(30-23)34-12-8-22(9-13-34)33-14-16-35-17-15-33/h1-5,19,21-22H,6-18H2,(H2,27,28,29,30,31). The van der Waals surface area contributed by atoms with E-state index in [1.54, 1.807) is 6.33 Å². The monoisotopic (exact) mass is 476 g/mol. The molecule has 3 aromatic rings. The van der Waals surface area contributed by atoms with E-state index >= 15 is 0 Å². The van der Waals surface area contributed by atoms with Crippen molar-refractivity contribution in [2.75, 3.05) is 62.7 Å². The van der Waals surface area contributed by atoms with Crippen LogP contribution in [0.5, 0.6) is 0 Å². The molecule has 3 aliphatic rings. The Hall–Kier alpha value is -2.75. The minimum Gasteiger partial charge on any atom is -0.379 e. The van der Waals surface area contributed by atoms with Gasteiger partial charge in [0.25, 0.3) is 0 Å². The van der Waals surface area contributed by atoms with Gasteiger partial charge < -0.3 is 19.9 Å². The lowest BCUT2D eigenvalue weighted by Gasteiger charge is -2.40. The number of fused-ring (bicyclic) bond motifs is 1. The number of imidazole rings is 1. The molecule has 6 rings (SSSR count). The number of benzene rings is 1. The highest BCUT2D eigenvalue weighted by Crippen LogP contribution is 2.26. The van der Waals surface area contributed by atoms with Crippen LogP contribution in [0, 0.1) is 0 Å². The predicted molar refractivity (Wildman–Crippen MR) is 138 cm³/mol. The van der Waals surface area contributed by atoms with E-state index in [1.807, 2.05) is 0 Å². The highest BCUT2D eigenvalue weighted by Gasteiger charge is 2.27. The number of aromatic amines is 1. The first kappa shape index (κ1) is 22.7. The number of likely N-dealkylation sites (tertiary alicyclic amines) is 1. The second-order valence-electron chi connectivity index (χ2n) is 10.0. The lowest BCUT2D eigenvalue weighted by Crippen LogP contribution is -2.49. The summed E-state index contributed by atoms with van der Waals surface area (Å²) in [4.78, 5) is 24.9. The third kappa shape index (κ3) is 5.27. The number of piperidine rings is 2. The van der Waals surface area contributed by atoms with Crippen molar-refractivity contribution in [2.24, 2.45) is 0 Å². The molecular formula is C26H36N8O.